The number of nitrogens with one attached hydrogen (secondary N) is 1. The lowest BCUT2D eigenvalue weighted by molar-refractivity contribution is -0.132. The minimum Gasteiger partial charge on any atom is -0.364 e. The van der Waals surface area contributed by atoms with Crippen molar-refractivity contribution in [1.82, 2.24) is 5.32 Å². The van der Waals surface area contributed by atoms with Crippen molar-refractivity contribution in [2.45, 2.75) is 31.1 Å². The van der Waals surface area contributed by atoms with Crippen LogP contribution in [0, 0.1) is 0 Å². The first-order chi connectivity index (χ1) is 11.2. The summed E-state index contributed by atoms with van der Waals surface area (Å²) in [5, 5.41) is 5.78. The van der Waals surface area contributed by atoms with E-state index in [1.165, 1.54) is 0 Å². The number of ether oxygens (including phenoxy) is 1. The summed E-state index contributed by atoms with van der Waals surface area (Å²) >= 11 is 7.58. The van der Waals surface area contributed by atoms with Crippen molar-refractivity contribution in [2.75, 3.05) is 6.54 Å². The van der Waals surface area contributed by atoms with Gasteiger partial charge in [-0.2, -0.15) is 0 Å². The highest BCUT2D eigenvalue weighted by Crippen LogP contribution is 2.28. The number of thiophene rings is 1. The Morgan fingerprint density at radius 1 is 1.35 bits per heavy atom. The van der Waals surface area contributed by atoms with Gasteiger partial charge in [-0.1, -0.05) is 29.8 Å². The number of carbonyl (C=O) groups is 1. The van der Waals surface area contributed by atoms with E-state index in [-0.39, 0.29) is 18.1 Å². The molecule has 3 rings (SSSR count). The van der Waals surface area contributed by atoms with E-state index in [0.29, 0.717) is 18.0 Å². The van der Waals surface area contributed by atoms with Crippen LogP contribution in [0.4, 0.5) is 0 Å². The summed E-state index contributed by atoms with van der Waals surface area (Å²) in [5.74, 6) is -0.0886. The van der Waals surface area contributed by atoms with Gasteiger partial charge in [0, 0.05) is 16.4 Å². The number of amides is 1. The number of carbonyl (C=O) groups excluding carboxylic acids is 1. The van der Waals surface area contributed by atoms with Crippen LogP contribution in [0.3, 0.4) is 0 Å². The van der Waals surface area contributed by atoms with Crippen LogP contribution in [0.1, 0.15) is 29.3 Å². The molecule has 0 bridgehead atoms. The van der Waals surface area contributed by atoms with Crippen LogP contribution in [0.15, 0.2) is 41.8 Å². The Balaban J connectivity index is 1.77. The predicted octanol–water partition coefficient (Wildman–Crippen LogP) is 3.11. The van der Waals surface area contributed by atoms with Gasteiger partial charge in [0.25, 0.3) is 0 Å². The molecule has 4 nitrogen and oxygen atoms in total. The van der Waals surface area contributed by atoms with Crippen molar-refractivity contribution in [3.63, 3.8) is 0 Å². The number of benzene rings is 1. The quantitative estimate of drug-likeness (QED) is 0.870. The summed E-state index contributed by atoms with van der Waals surface area (Å²) in [4.78, 5) is 13.6. The summed E-state index contributed by atoms with van der Waals surface area (Å²) < 4.78 is 5.69. The van der Waals surface area contributed by atoms with Gasteiger partial charge in [-0.3, -0.25) is 4.79 Å². The number of rotatable bonds is 5. The molecule has 23 heavy (non-hydrogen) atoms. The molecular formula is C17H19ClN2O2S. The summed E-state index contributed by atoms with van der Waals surface area (Å²) in [5.41, 5.74) is 6.61. The van der Waals surface area contributed by atoms with E-state index in [1.807, 2.05) is 41.8 Å². The lowest BCUT2D eigenvalue weighted by Gasteiger charge is -2.21. The molecule has 0 saturated carbocycles. The molecule has 122 valence electrons. The van der Waals surface area contributed by atoms with E-state index in [0.717, 1.165) is 16.9 Å². The van der Waals surface area contributed by atoms with Gasteiger partial charge in [-0.25, -0.2) is 0 Å². The summed E-state index contributed by atoms with van der Waals surface area (Å²) in [6, 6.07) is 11.3. The molecule has 1 aliphatic heterocycles. The SMILES string of the molecule is NC[C@H]1CC[C@@H](C(=O)NC(c2ccc(Cl)cc2)c2cccs2)O1. The molecule has 2 aromatic rings. The van der Waals surface area contributed by atoms with Gasteiger partial charge in [0.05, 0.1) is 12.1 Å². The Morgan fingerprint density at radius 2 is 2.13 bits per heavy atom. The highest BCUT2D eigenvalue weighted by Gasteiger charge is 2.31. The van der Waals surface area contributed by atoms with E-state index in [1.54, 1.807) is 11.3 Å². The first-order valence-corrected chi connectivity index (χ1v) is 8.88. The van der Waals surface area contributed by atoms with Gasteiger partial charge >= 0.3 is 0 Å². The molecule has 3 N–H and O–H groups in total. The second-order valence-corrected chi connectivity index (χ2v) is 6.98. The fourth-order valence-corrected chi connectivity index (χ4v) is 3.67. The maximum absolute atomic E-state index is 12.6. The normalized spacial score (nSPS) is 22.0. The summed E-state index contributed by atoms with van der Waals surface area (Å²) in [6.45, 7) is 0.454. The topological polar surface area (TPSA) is 64.4 Å². The highest BCUT2D eigenvalue weighted by molar-refractivity contribution is 7.10. The first kappa shape index (κ1) is 16.5. The van der Waals surface area contributed by atoms with E-state index in [2.05, 4.69) is 5.32 Å². The van der Waals surface area contributed by atoms with Crippen molar-refractivity contribution in [1.29, 1.82) is 0 Å². The molecule has 1 amide bonds. The Morgan fingerprint density at radius 3 is 2.74 bits per heavy atom. The Labute approximate surface area is 144 Å². The minimum atomic E-state index is -0.418. The lowest BCUT2D eigenvalue weighted by Crippen LogP contribution is -2.38. The van der Waals surface area contributed by atoms with Gasteiger partial charge in [0.2, 0.25) is 5.91 Å². The molecule has 0 radical (unpaired) electrons. The van der Waals surface area contributed by atoms with Crippen molar-refractivity contribution in [2.24, 2.45) is 5.73 Å². The van der Waals surface area contributed by atoms with E-state index in [9.17, 15) is 4.79 Å². The van der Waals surface area contributed by atoms with Gasteiger partial charge in [-0.05, 0) is 42.0 Å². The minimum absolute atomic E-state index is 0.0125. The third kappa shape index (κ3) is 3.93. The molecule has 0 spiro atoms. The summed E-state index contributed by atoms with van der Waals surface area (Å²) in [7, 11) is 0. The third-order valence-corrected chi connectivity index (χ3v) is 5.17. The third-order valence-electron chi connectivity index (χ3n) is 3.98. The van der Waals surface area contributed by atoms with Crippen LogP contribution >= 0.6 is 22.9 Å². The number of hydrogen-bond acceptors (Lipinski definition) is 4. The fraction of sp³-hybridized carbons (Fsp3) is 0.353. The number of hydrogen-bond donors (Lipinski definition) is 2. The van der Waals surface area contributed by atoms with Gasteiger partial charge in [0.1, 0.15) is 6.10 Å². The van der Waals surface area contributed by atoms with E-state index in [4.69, 9.17) is 22.1 Å². The molecule has 1 fully saturated rings. The molecule has 2 heterocycles. The lowest BCUT2D eigenvalue weighted by atomic mass is 10.0. The molecule has 0 aliphatic carbocycles. The first-order valence-electron chi connectivity index (χ1n) is 7.62. The molecule has 3 atom stereocenters. The average molecular weight is 351 g/mol. The second kappa shape index (κ2) is 7.45. The van der Waals surface area contributed by atoms with Gasteiger partial charge in [-0.15, -0.1) is 11.3 Å². The van der Waals surface area contributed by atoms with Crippen molar-refractivity contribution < 1.29 is 9.53 Å². The monoisotopic (exact) mass is 350 g/mol. The van der Waals surface area contributed by atoms with Crippen LogP contribution in [0.5, 0.6) is 0 Å². The molecule has 1 saturated heterocycles. The number of halogens is 1. The standard InChI is InChI=1S/C17H19ClN2O2S/c18-12-5-3-11(4-6-12)16(15-2-1-9-23-15)20-17(21)14-8-7-13(10-19)22-14/h1-6,9,13-14,16H,7-8,10,19H2,(H,20,21)/t13-,14+,16?/m1/s1. The maximum atomic E-state index is 12.6. The Hall–Kier alpha value is -1.40. The molecule has 1 unspecified atom stereocenters. The van der Waals surface area contributed by atoms with Crippen molar-refractivity contribution in [3.05, 3.63) is 57.2 Å². The van der Waals surface area contributed by atoms with Gasteiger partial charge in [0.15, 0.2) is 0 Å². The summed E-state index contributed by atoms with van der Waals surface area (Å²) in [6.07, 6.45) is 1.12. The van der Waals surface area contributed by atoms with Crippen LogP contribution in [0.2, 0.25) is 5.02 Å². The molecule has 1 aromatic carbocycles. The Kier molecular flexibility index (Phi) is 5.33. The maximum Gasteiger partial charge on any atom is 0.249 e. The second-order valence-electron chi connectivity index (χ2n) is 5.57. The zero-order chi connectivity index (χ0) is 16.2. The molecule has 6 heteroatoms. The van der Waals surface area contributed by atoms with Crippen LogP contribution in [-0.2, 0) is 9.53 Å². The van der Waals surface area contributed by atoms with Crippen LogP contribution in [-0.4, -0.2) is 24.7 Å². The van der Waals surface area contributed by atoms with Crippen LogP contribution < -0.4 is 11.1 Å². The zero-order valence-electron chi connectivity index (χ0n) is 12.6. The predicted molar refractivity (Wildman–Crippen MR) is 92.7 cm³/mol. The molecular weight excluding hydrogens is 332 g/mol. The van der Waals surface area contributed by atoms with E-state index >= 15 is 0 Å². The van der Waals surface area contributed by atoms with Crippen molar-refractivity contribution >= 4 is 28.8 Å². The number of nitrogens with two attached hydrogens (primary N) is 1. The van der Waals surface area contributed by atoms with Crippen molar-refractivity contribution in [3.8, 4) is 0 Å². The van der Waals surface area contributed by atoms with Crippen LogP contribution in [0.25, 0.3) is 0 Å². The molecule has 1 aromatic heterocycles. The zero-order valence-corrected chi connectivity index (χ0v) is 14.1. The van der Waals surface area contributed by atoms with E-state index < -0.39 is 6.10 Å². The van der Waals surface area contributed by atoms with Gasteiger partial charge < -0.3 is 15.8 Å². The smallest absolute Gasteiger partial charge is 0.249 e. The fourth-order valence-electron chi connectivity index (χ4n) is 2.74. The average Bonchev–Trinajstić information content (AvgIpc) is 3.25. The largest absolute Gasteiger partial charge is 0.364 e. The molecule has 1 aliphatic rings. The Bertz CT molecular complexity index is 645. The highest BCUT2D eigenvalue weighted by atomic mass is 35.5.